The maximum atomic E-state index is 14.1. The van der Waals surface area contributed by atoms with E-state index in [0.717, 1.165) is 18.9 Å². The predicted molar refractivity (Wildman–Crippen MR) is 166 cm³/mol. The van der Waals surface area contributed by atoms with E-state index in [1.165, 1.54) is 24.0 Å². The maximum Gasteiger partial charge on any atom is 0.363 e. The summed E-state index contributed by atoms with van der Waals surface area (Å²) >= 11 is 0. The van der Waals surface area contributed by atoms with Gasteiger partial charge in [-0.05, 0) is 42.7 Å². The van der Waals surface area contributed by atoms with Crippen molar-refractivity contribution in [3.8, 4) is 0 Å². The summed E-state index contributed by atoms with van der Waals surface area (Å²) in [5.41, 5.74) is 13.3. The summed E-state index contributed by atoms with van der Waals surface area (Å²) in [5, 5.41) is 3.66. The molecule has 1 aliphatic rings. The van der Waals surface area contributed by atoms with Crippen molar-refractivity contribution in [2.75, 3.05) is 12.0 Å². The summed E-state index contributed by atoms with van der Waals surface area (Å²) in [6.07, 6.45) is -0.553. The third-order valence-electron chi connectivity index (χ3n) is 7.76. The summed E-state index contributed by atoms with van der Waals surface area (Å²) in [5.74, 6) is -4.97. The van der Waals surface area contributed by atoms with Crippen molar-refractivity contribution in [2.45, 2.75) is 51.0 Å². The molecule has 0 radical (unpaired) electrons. The fourth-order valence-corrected chi connectivity index (χ4v) is 5.19. The Bertz CT molecular complexity index is 1670. The SMILES string of the molecule is COC(=O)C[C@H](N)C(=O)N(c1ccccc1)[C@@H](C(C)=O)C(=O)ON1C(=O)N(Cc2ccccc2)[C@](C)(c2ccc(CN=N)cc2)C1=O. The Morgan fingerprint density at radius 1 is 0.936 bits per heavy atom. The lowest BCUT2D eigenvalue weighted by molar-refractivity contribution is -0.186. The highest BCUT2D eigenvalue weighted by Gasteiger charge is 2.58. The molecule has 244 valence electrons. The molecule has 1 fully saturated rings. The van der Waals surface area contributed by atoms with E-state index in [0.29, 0.717) is 16.7 Å². The zero-order valence-electron chi connectivity index (χ0n) is 26.0. The molecule has 3 aromatic rings. The third-order valence-corrected chi connectivity index (χ3v) is 7.76. The topological polar surface area (TPSA) is 193 Å². The number of rotatable bonds is 13. The number of benzene rings is 3. The quantitative estimate of drug-likeness (QED) is 0.122. The fourth-order valence-electron chi connectivity index (χ4n) is 5.19. The number of Topliss-reactive ketones (excluding diaryl/α,β-unsaturated/α-hetero) is 1. The summed E-state index contributed by atoms with van der Waals surface area (Å²) < 4.78 is 4.60. The molecule has 4 amide bonds. The van der Waals surface area contributed by atoms with E-state index in [9.17, 15) is 28.8 Å². The van der Waals surface area contributed by atoms with Crippen molar-refractivity contribution in [2.24, 2.45) is 10.8 Å². The number of hydrogen-bond acceptors (Lipinski definition) is 11. The standard InChI is InChI=1S/C33H34N6O8/c1-21(40)28(38(25-12-8-5-9-13-25)29(42)26(34)18-27(41)46-3)30(43)47-39-31(44)33(2,24-16-14-22(15-17-24)19-36-35)37(32(39)45)20-23-10-6-4-7-11-23/h4-17,26,28,35H,18-20,34H2,1-3H3/t26-,28-,33+/m0/s1. The van der Waals surface area contributed by atoms with E-state index in [4.69, 9.17) is 16.1 Å². The Morgan fingerprint density at radius 2 is 1.53 bits per heavy atom. The molecule has 0 spiro atoms. The maximum absolute atomic E-state index is 14.1. The second-order valence-electron chi connectivity index (χ2n) is 10.9. The van der Waals surface area contributed by atoms with Crippen LogP contribution in [0.15, 0.2) is 90.0 Å². The highest BCUT2D eigenvalue weighted by atomic mass is 16.7. The number of methoxy groups -OCH3 is 1. The molecular formula is C33H34N6O8. The van der Waals surface area contributed by atoms with Gasteiger partial charge in [-0.3, -0.25) is 29.0 Å². The molecule has 4 rings (SSSR count). The minimum absolute atomic E-state index is 0.0487. The van der Waals surface area contributed by atoms with E-state index in [2.05, 4.69) is 9.85 Å². The monoisotopic (exact) mass is 642 g/mol. The van der Waals surface area contributed by atoms with Crippen molar-refractivity contribution in [1.29, 1.82) is 5.53 Å². The molecule has 47 heavy (non-hydrogen) atoms. The number of para-hydroxylation sites is 1. The predicted octanol–water partition coefficient (Wildman–Crippen LogP) is 3.24. The van der Waals surface area contributed by atoms with Gasteiger partial charge in [0.1, 0.15) is 5.54 Å². The number of nitrogens with zero attached hydrogens (tertiary/aromatic N) is 4. The lowest BCUT2D eigenvalue weighted by Gasteiger charge is -2.32. The first kappa shape index (κ1) is 34.1. The second kappa shape index (κ2) is 14.6. The summed E-state index contributed by atoms with van der Waals surface area (Å²) in [6.45, 7) is 2.60. The van der Waals surface area contributed by atoms with Gasteiger partial charge in [0.25, 0.3) is 5.91 Å². The van der Waals surface area contributed by atoms with Crippen molar-refractivity contribution in [3.63, 3.8) is 0 Å². The van der Waals surface area contributed by atoms with Gasteiger partial charge >= 0.3 is 18.0 Å². The minimum atomic E-state index is -1.99. The third kappa shape index (κ3) is 7.07. The summed E-state index contributed by atoms with van der Waals surface area (Å²) in [7, 11) is 1.12. The normalized spacial score (nSPS) is 17.1. The van der Waals surface area contributed by atoms with Gasteiger partial charge in [-0.15, -0.1) is 0 Å². The fraction of sp³-hybridized carbons (Fsp3) is 0.273. The highest BCUT2D eigenvalue weighted by molar-refractivity contribution is 6.15. The van der Waals surface area contributed by atoms with E-state index in [1.807, 2.05) is 0 Å². The highest BCUT2D eigenvalue weighted by Crippen LogP contribution is 2.39. The van der Waals surface area contributed by atoms with Crippen LogP contribution in [0.25, 0.3) is 0 Å². The van der Waals surface area contributed by atoms with E-state index in [-0.39, 0.29) is 23.8 Å². The van der Waals surface area contributed by atoms with E-state index >= 15 is 0 Å². The molecular weight excluding hydrogens is 608 g/mol. The van der Waals surface area contributed by atoms with E-state index < -0.39 is 59.6 Å². The first-order valence-electron chi connectivity index (χ1n) is 14.5. The van der Waals surface area contributed by atoms with Gasteiger partial charge in [-0.2, -0.15) is 5.11 Å². The van der Waals surface area contributed by atoms with Crippen LogP contribution in [0.2, 0.25) is 0 Å². The number of urea groups is 1. The Kier molecular flexibility index (Phi) is 10.6. The van der Waals surface area contributed by atoms with Crippen molar-refractivity contribution in [3.05, 3.63) is 102 Å². The van der Waals surface area contributed by atoms with Gasteiger partial charge in [0.05, 0.1) is 26.1 Å². The minimum Gasteiger partial charge on any atom is -0.469 e. The van der Waals surface area contributed by atoms with Gasteiger partial charge in [-0.1, -0.05) is 77.9 Å². The smallest absolute Gasteiger partial charge is 0.363 e. The number of ether oxygens (including phenoxy) is 1. The summed E-state index contributed by atoms with van der Waals surface area (Å²) in [6, 6.07) is 18.5. The van der Waals surface area contributed by atoms with Crippen LogP contribution >= 0.6 is 0 Å². The number of amides is 4. The lowest BCUT2D eigenvalue weighted by atomic mass is 9.89. The molecule has 1 aliphatic heterocycles. The van der Waals surface area contributed by atoms with Crippen LogP contribution in [0.3, 0.4) is 0 Å². The number of carbonyl (C=O) groups is 6. The zero-order valence-corrected chi connectivity index (χ0v) is 26.0. The number of ketones is 1. The largest absolute Gasteiger partial charge is 0.469 e. The number of hydrogen-bond donors (Lipinski definition) is 2. The molecule has 0 bridgehead atoms. The molecule has 0 aromatic heterocycles. The number of anilines is 1. The number of nitrogens with one attached hydrogen (secondary N) is 1. The number of esters is 1. The molecule has 3 N–H and O–H groups in total. The Hall–Kier alpha value is -5.76. The molecule has 14 nitrogen and oxygen atoms in total. The van der Waals surface area contributed by atoms with Crippen LogP contribution in [-0.4, -0.2) is 64.7 Å². The number of imide groups is 1. The van der Waals surface area contributed by atoms with Gasteiger partial charge in [0.2, 0.25) is 5.91 Å². The molecule has 14 heteroatoms. The van der Waals surface area contributed by atoms with Crippen LogP contribution in [0.1, 0.15) is 37.0 Å². The van der Waals surface area contributed by atoms with Crippen LogP contribution in [-0.2, 0) is 52.2 Å². The van der Waals surface area contributed by atoms with Crippen molar-refractivity contribution in [1.82, 2.24) is 9.96 Å². The average molecular weight is 643 g/mol. The number of carbonyl (C=O) groups excluding carboxylic acids is 6. The Balaban J connectivity index is 1.73. The second-order valence-corrected chi connectivity index (χ2v) is 10.9. The van der Waals surface area contributed by atoms with Gasteiger partial charge in [0.15, 0.2) is 11.8 Å². The molecule has 1 heterocycles. The van der Waals surface area contributed by atoms with Crippen LogP contribution < -0.4 is 10.6 Å². The summed E-state index contributed by atoms with van der Waals surface area (Å²) in [4.78, 5) is 87.8. The molecule has 0 unspecified atom stereocenters. The van der Waals surface area contributed by atoms with Crippen LogP contribution in [0.4, 0.5) is 10.5 Å². The number of hydroxylamine groups is 2. The molecule has 3 aromatic carbocycles. The van der Waals surface area contributed by atoms with Crippen molar-refractivity contribution >= 4 is 41.3 Å². The Labute approximate surface area is 270 Å². The molecule has 0 aliphatic carbocycles. The zero-order chi connectivity index (χ0) is 34.3. The lowest BCUT2D eigenvalue weighted by Crippen LogP contribution is -2.56. The number of nitrogens with two attached hydrogens (primary N) is 1. The molecule has 1 saturated heterocycles. The Morgan fingerprint density at radius 3 is 2.09 bits per heavy atom. The first-order valence-corrected chi connectivity index (χ1v) is 14.5. The van der Waals surface area contributed by atoms with Crippen LogP contribution in [0.5, 0.6) is 0 Å². The van der Waals surface area contributed by atoms with Gasteiger partial charge in [-0.25, -0.2) is 15.1 Å². The van der Waals surface area contributed by atoms with Crippen molar-refractivity contribution < 1.29 is 38.3 Å². The van der Waals surface area contributed by atoms with Gasteiger partial charge < -0.3 is 15.3 Å². The molecule has 3 atom stereocenters. The molecule has 0 saturated carbocycles. The van der Waals surface area contributed by atoms with Gasteiger partial charge in [0, 0.05) is 12.2 Å². The van der Waals surface area contributed by atoms with E-state index in [1.54, 1.807) is 72.8 Å². The van der Waals surface area contributed by atoms with Crippen LogP contribution in [0, 0.1) is 5.53 Å². The first-order chi connectivity index (χ1) is 22.4. The average Bonchev–Trinajstić information content (AvgIpc) is 3.24.